The SMILES string of the molecule is CC1(Oc2ccccc2OC(F)(F)F)N=C(Cl)N(N2CCC(N)CC2)c2ccc(CC(N)=O)cc21. The first-order valence-electron chi connectivity index (χ1n) is 11.0. The standard InChI is InChI=1S/C23H25ClF3N5O3/c1-22(34-18-4-2-3-5-19(18)35-23(25,26)27)16-12-14(13-20(29)33)6-7-17(16)32(21(24)30-22)31-10-8-15(28)9-11-31/h2-7,12,15H,8-11,13,28H2,1H3,(H2,29,33). The fraction of sp³-hybridized carbons (Fsp3) is 0.391. The van der Waals surface area contributed by atoms with Crippen molar-refractivity contribution in [3.8, 4) is 11.5 Å². The molecular weight excluding hydrogens is 487 g/mol. The topological polar surface area (TPSA) is 106 Å². The average Bonchev–Trinajstić information content (AvgIpc) is 2.75. The molecule has 4 N–H and O–H groups in total. The van der Waals surface area contributed by atoms with Gasteiger partial charge in [0, 0.05) is 31.6 Å². The van der Waals surface area contributed by atoms with Gasteiger partial charge in [-0.25, -0.2) is 15.0 Å². The van der Waals surface area contributed by atoms with E-state index in [4.69, 9.17) is 27.8 Å². The normalized spacial score (nSPS) is 21.3. The molecule has 0 radical (unpaired) electrons. The van der Waals surface area contributed by atoms with Gasteiger partial charge in [0.25, 0.3) is 0 Å². The summed E-state index contributed by atoms with van der Waals surface area (Å²) >= 11 is 6.64. The van der Waals surface area contributed by atoms with Gasteiger partial charge in [-0.1, -0.05) is 18.2 Å². The molecule has 0 saturated carbocycles. The second kappa shape index (κ2) is 9.56. The first-order valence-corrected chi connectivity index (χ1v) is 11.3. The van der Waals surface area contributed by atoms with Crippen LogP contribution in [0.2, 0.25) is 0 Å². The minimum Gasteiger partial charge on any atom is -0.458 e. The number of fused-ring (bicyclic) bond motifs is 1. The molecule has 4 rings (SSSR count). The maximum absolute atomic E-state index is 13.0. The first kappa shape index (κ1) is 25.1. The molecule has 0 spiro atoms. The minimum absolute atomic E-state index is 0.0346. The molecule has 2 aromatic rings. The number of ether oxygens (including phenoxy) is 2. The largest absolute Gasteiger partial charge is 0.573 e. The molecule has 188 valence electrons. The molecule has 1 saturated heterocycles. The quantitative estimate of drug-likeness (QED) is 0.574. The molecule has 1 atom stereocenters. The van der Waals surface area contributed by atoms with Crippen LogP contribution in [-0.4, -0.2) is 41.7 Å². The third-order valence-corrected chi connectivity index (χ3v) is 6.07. The minimum atomic E-state index is -4.91. The number of amides is 1. The van der Waals surface area contributed by atoms with Crippen molar-refractivity contribution in [3.63, 3.8) is 0 Å². The van der Waals surface area contributed by atoms with Gasteiger partial charge < -0.3 is 20.9 Å². The van der Waals surface area contributed by atoms with E-state index >= 15 is 0 Å². The van der Waals surface area contributed by atoms with Crippen molar-refractivity contribution >= 4 is 28.5 Å². The lowest BCUT2D eigenvalue weighted by Crippen LogP contribution is -2.54. The van der Waals surface area contributed by atoms with Gasteiger partial charge in [0.2, 0.25) is 16.9 Å². The van der Waals surface area contributed by atoms with Crippen LogP contribution in [0.25, 0.3) is 0 Å². The van der Waals surface area contributed by atoms with Gasteiger partial charge in [0.1, 0.15) is 0 Å². The Morgan fingerprint density at radius 1 is 1.20 bits per heavy atom. The van der Waals surface area contributed by atoms with E-state index in [-0.39, 0.29) is 23.5 Å². The van der Waals surface area contributed by atoms with Crippen LogP contribution in [0.5, 0.6) is 11.5 Å². The third-order valence-electron chi connectivity index (χ3n) is 5.83. The van der Waals surface area contributed by atoms with E-state index in [2.05, 4.69) is 9.73 Å². The molecule has 12 heteroatoms. The lowest BCUT2D eigenvalue weighted by atomic mass is 9.96. The van der Waals surface area contributed by atoms with Crippen LogP contribution in [-0.2, 0) is 16.9 Å². The average molecular weight is 512 g/mol. The molecule has 2 heterocycles. The molecule has 2 aliphatic rings. The fourth-order valence-corrected chi connectivity index (χ4v) is 4.58. The molecule has 8 nitrogen and oxygen atoms in total. The molecule has 2 aliphatic heterocycles. The number of halogens is 4. The Labute approximate surface area is 205 Å². The number of carbonyl (C=O) groups excluding carboxylic acids is 1. The number of carbonyl (C=O) groups is 1. The van der Waals surface area contributed by atoms with E-state index < -0.39 is 23.7 Å². The summed E-state index contributed by atoms with van der Waals surface area (Å²) in [5.74, 6) is -1.23. The number of amidine groups is 1. The van der Waals surface area contributed by atoms with Crippen LogP contribution in [0.3, 0.4) is 0 Å². The highest BCUT2D eigenvalue weighted by molar-refractivity contribution is 6.68. The zero-order chi connectivity index (χ0) is 25.4. The zero-order valence-electron chi connectivity index (χ0n) is 18.9. The molecule has 0 aromatic heterocycles. The van der Waals surface area contributed by atoms with Crippen LogP contribution >= 0.6 is 11.6 Å². The number of nitrogens with two attached hydrogens (primary N) is 2. The molecule has 1 unspecified atom stereocenters. The number of aliphatic imine (C=N–C) groups is 1. The predicted molar refractivity (Wildman–Crippen MR) is 125 cm³/mol. The summed E-state index contributed by atoms with van der Waals surface area (Å²) in [5.41, 5.74) is 11.6. The van der Waals surface area contributed by atoms with Crippen molar-refractivity contribution in [1.82, 2.24) is 5.01 Å². The van der Waals surface area contributed by atoms with Crippen LogP contribution in [0.1, 0.15) is 30.9 Å². The number of anilines is 1. The van der Waals surface area contributed by atoms with E-state index in [1.165, 1.54) is 18.2 Å². The third kappa shape index (κ3) is 5.63. The van der Waals surface area contributed by atoms with Crippen molar-refractivity contribution in [2.45, 2.75) is 44.3 Å². The summed E-state index contributed by atoms with van der Waals surface area (Å²) in [6, 6.07) is 10.7. The maximum Gasteiger partial charge on any atom is 0.573 e. The van der Waals surface area contributed by atoms with Crippen molar-refractivity contribution < 1.29 is 27.4 Å². The van der Waals surface area contributed by atoms with Gasteiger partial charge in [-0.2, -0.15) is 0 Å². The van der Waals surface area contributed by atoms with Gasteiger partial charge in [0.15, 0.2) is 11.5 Å². The number of hydrazine groups is 1. The Hall–Kier alpha value is -3.02. The smallest absolute Gasteiger partial charge is 0.458 e. The monoisotopic (exact) mass is 511 g/mol. The summed E-state index contributed by atoms with van der Waals surface area (Å²) in [6.45, 7) is 2.85. The van der Waals surface area contributed by atoms with E-state index in [1.807, 2.05) is 5.01 Å². The maximum atomic E-state index is 13.0. The number of benzene rings is 2. The molecule has 1 amide bonds. The Balaban J connectivity index is 1.78. The van der Waals surface area contributed by atoms with Crippen molar-refractivity contribution in [2.75, 3.05) is 18.1 Å². The van der Waals surface area contributed by atoms with E-state index in [0.717, 1.165) is 18.9 Å². The lowest BCUT2D eigenvalue weighted by molar-refractivity contribution is -0.275. The fourth-order valence-electron chi connectivity index (χ4n) is 4.22. The summed E-state index contributed by atoms with van der Waals surface area (Å²) in [4.78, 5) is 16.1. The Morgan fingerprint density at radius 2 is 1.86 bits per heavy atom. The molecular formula is C23H25ClF3N5O3. The number of rotatable bonds is 6. The zero-order valence-corrected chi connectivity index (χ0v) is 19.6. The summed E-state index contributed by atoms with van der Waals surface area (Å²) in [5, 5.41) is 3.81. The number of alkyl halides is 3. The van der Waals surface area contributed by atoms with Crippen LogP contribution in [0.15, 0.2) is 47.5 Å². The molecule has 1 fully saturated rings. The highest BCUT2D eigenvalue weighted by atomic mass is 35.5. The Morgan fingerprint density at radius 3 is 2.49 bits per heavy atom. The Kier molecular flexibility index (Phi) is 6.85. The Bertz CT molecular complexity index is 1140. The van der Waals surface area contributed by atoms with Crippen molar-refractivity contribution in [3.05, 3.63) is 53.6 Å². The second-order valence-electron chi connectivity index (χ2n) is 8.56. The van der Waals surface area contributed by atoms with E-state index in [0.29, 0.717) is 29.9 Å². The molecule has 35 heavy (non-hydrogen) atoms. The number of hydrogen-bond donors (Lipinski definition) is 2. The second-order valence-corrected chi connectivity index (χ2v) is 8.90. The summed E-state index contributed by atoms with van der Waals surface area (Å²) < 4.78 is 49.1. The highest BCUT2D eigenvalue weighted by Crippen LogP contribution is 2.44. The van der Waals surface area contributed by atoms with Crippen molar-refractivity contribution in [2.24, 2.45) is 16.5 Å². The van der Waals surface area contributed by atoms with Gasteiger partial charge in [-0.3, -0.25) is 4.79 Å². The number of para-hydroxylation sites is 2. The van der Waals surface area contributed by atoms with Crippen LogP contribution < -0.4 is 25.9 Å². The number of nitrogens with zero attached hydrogens (tertiary/aromatic N) is 3. The number of hydrogen-bond acceptors (Lipinski definition) is 7. The van der Waals surface area contributed by atoms with E-state index in [9.17, 15) is 18.0 Å². The van der Waals surface area contributed by atoms with Crippen LogP contribution in [0, 0.1) is 0 Å². The van der Waals surface area contributed by atoms with Gasteiger partial charge in [0.05, 0.1) is 12.1 Å². The number of piperidine rings is 1. The van der Waals surface area contributed by atoms with E-state index in [1.54, 1.807) is 30.1 Å². The summed E-state index contributed by atoms with van der Waals surface area (Å²) in [7, 11) is 0. The van der Waals surface area contributed by atoms with Gasteiger partial charge in [-0.05, 0) is 54.3 Å². The molecule has 0 aliphatic carbocycles. The molecule has 2 aromatic carbocycles. The van der Waals surface area contributed by atoms with Crippen molar-refractivity contribution in [1.29, 1.82) is 0 Å². The highest BCUT2D eigenvalue weighted by Gasteiger charge is 2.42. The first-order chi connectivity index (χ1) is 16.4. The predicted octanol–water partition coefficient (Wildman–Crippen LogP) is 3.62. The van der Waals surface area contributed by atoms with Gasteiger partial charge >= 0.3 is 6.36 Å². The summed E-state index contributed by atoms with van der Waals surface area (Å²) in [6.07, 6.45) is -3.43. The van der Waals surface area contributed by atoms with Crippen LogP contribution in [0.4, 0.5) is 18.9 Å². The lowest BCUT2D eigenvalue weighted by Gasteiger charge is -2.44. The molecule has 0 bridgehead atoms. The number of primary amides is 1. The van der Waals surface area contributed by atoms with Gasteiger partial charge in [-0.15, -0.1) is 13.2 Å².